The highest BCUT2D eigenvalue weighted by molar-refractivity contribution is 9.10. The zero-order valence-electron chi connectivity index (χ0n) is 10.2. The molecule has 1 N–H and O–H groups in total. The SMILES string of the molecule is CC(O)(Cc1cc(F)cc(Br)c1)c1cncc(F)c1. The number of aromatic nitrogens is 1. The fourth-order valence-electron chi connectivity index (χ4n) is 1.92. The van der Waals surface area contributed by atoms with Gasteiger partial charge in [-0.25, -0.2) is 8.78 Å². The van der Waals surface area contributed by atoms with Gasteiger partial charge < -0.3 is 5.11 Å². The summed E-state index contributed by atoms with van der Waals surface area (Å²) in [6.45, 7) is 1.54. The Hall–Kier alpha value is -1.33. The minimum absolute atomic E-state index is 0.161. The Kier molecular flexibility index (Phi) is 3.96. The molecule has 0 fully saturated rings. The van der Waals surface area contributed by atoms with Gasteiger partial charge in [-0.1, -0.05) is 15.9 Å². The molecular formula is C14H12BrF2NO. The average Bonchev–Trinajstić information content (AvgIpc) is 2.26. The van der Waals surface area contributed by atoms with Crippen LogP contribution in [-0.2, 0) is 12.0 Å². The molecule has 1 unspecified atom stereocenters. The van der Waals surface area contributed by atoms with Crippen molar-refractivity contribution in [3.8, 4) is 0 Å². The van der Waals surface area contributed by atoms with Gasteiger partial charge in [0.2, 0.25) is 0 Å². The van der Waals surface area contributed by atoms with Crippen LogP contribution < -0.4 is 0 Å². The first kappa shape index (κ1) is 14.1. The highest BCUT2D eigenvalue weighted by atomic mass is 79.9. The monoisotopic (exact) mass is 327 g/mol. The fraction of sp³-hybridized carbons (Fsp3) is 0.214. The molecule has 5 heteroatoms. The summed E-state index contributed by atoms with van der Waals surface area (Å²) in [5.41, 5.74) is -0.350. The third-order valence-corrected chi connectivity index (χ3v) is 3.26. The van der Waals surface area contributed by atoms with Gasteiger partial charge in [-0.2, -0.15) is 0 Å². The Balaban J connectivity index is 2.30. The molecule has 0 radical (unpaired) electrons. The smallest absolute Gasteiger partial charge is 0.141 e. The molecule has 100 valence electrons. The number of aliphatic hydroxyl groups is 1. The molecule has 19 heavy (non-hydrogen) atoms. The minimum atomic E-state index is -1.32. The normalized spacial score (nSPS) is 14.2. The number of hydrogen-bond acceptors (Lipinski definition) is 2. The fourth-order valence-corrected chi connectivity index (χ4v) is 2.43. The van der Waals surface area contributed by atoms with E-state index in [1.54, 1.807) is 13.0 Å². The standard InChI is InChI=1S/C14H12BrF2NO/c1-14(19,10-4-13(17)8-18-7-10)6-9-2-11(15)5-12(16)3-9/h2-5,7-8,19H,6H2,1H3. The molecule has 1 aromatic heterocycles. The molecule has 0 bridgehead atoms. The molecular weight excluding hydrogens is 316 g/mol. The first-order valence-corrected chi connectivity index (χ1v) is 6.44. The summed E-state index contributed by atoms with van der Waals surface area (Å²) in [6.07, 6.45) is 2.63. The van der Waals surface area contributed by atoms with Crippen molar-refractivity contribution in [2.24, 2.45) is 0 Å². The van der Waals surface area contributed by atoms with Crippen molar-refractivity contribution in [3.05, 3.63) is 63.9 Å². The van der Waals surface area contributed by atoms with E-state index in [0.29, 0.717) is 15.6 Å². The molecule has 0 saturated carbocycles. The van der Waals surface area contributed by atoms with Crippen LogP contribution in [0.1, 0.15) is 18.1 Å². The van der Waals surface area contributed by atoms with E-state index >= 15 is 0 Å². The number of rotatable bonds is 3. The van der Waals surface area contributed by atoms with E-state index in [-0.39, 0.29) is 6.42 Å². The average molecular weight is 328 g/mol. The van der Waals surface area contributed by atoms with Gasteiger partial charge >= 0.3 is 0 Å². The van der Waals surface area contributed by atoms with Crippen LogP contribution in [0.5, 0.6) is 0 Å². The van der Waals surface area contributed by atoms with Crippen molar-refractivity contribution in [1.82, 2.24) is 4.98 Å². The van der Waals surface area contributed by atoms with Gasteiger partial charge in [0.25, 0.3) is 0 Å². The second-order valence-electron chi connectivity index (χ2n) is 4.62. The molecule has 2 rings (SSSR count). The van der Waals surface area contributed by atoms with Crippen molar-refractivity contribution in [1.29, 1.82) is 0 Å². The maximum Gasteiger partial charge on any atom is 0.141 e. The van der Waals surface area contributed by atoms with Crippen LogP contribution >= 0.6 is 15.9 Å². The highest BCUT2D eigenvalue weighted by Gasteiger charge is 2.24. The number of benzene rings is 1. The summed E-state index contributed by atoms with van der Waals surface area (Å²) in [5, 5.41) is 10.4. The van der Waals surface area contributed by atoms with Gasteiger partial charge in [0.05, 0.1) is 11.8 Å². The number of pyridine rings is 1. The van der Waals surface area contributed by atoms with Gasteiger partial charge in [-0.05, 0) is 36.8 Å². The second kappa shape index (κ2) is 5.35. The Morgan fingerprint density at radius 3 is 2.53 bits per heavy atom. The number of halogens is 3. The lowest BCUT2D eigenvalue weighted by atomic mass is 9.90. The van der Waals surface area contributed by atoms with Crippen LogP contribution in [0.25, 0.3) is 0 Å². The summed E-state index contributed by atoms with van der Waals surface area (Å²) >= 11 is 3.19. The lowest BCUT2D eigenvalue weighted by molar-refractivity contribution is 0.0568. The first-order chi connectivity index (χ1) is 8.87. The van der Waals surface area contributed by atoms with Crippen LogP contribution in [0, 0.1) is 11.6 Å². The first-order valence-electron chi connectivity index (χ1n) is 5.65. The molecule has 0 saturated heterocycles. The zero-order chi connectivity index (χ0) is 14.0. The topological polar surface area (TPSA) is 33.1 Å². The van der Waals surface area contributed by atoms with Crippen molar-refractivity contribution in [2.45, 2.75) is 18.9 Å². The van der Waals surface area contributed by atoms with Crippen molar-refractivity contribution in [2.75, 3.05) is 0 Å². The van der Waals surface area contributed by atoms with E-state index in [2.05, 4.69) is 20.9 Å². The van der Waals surface area contributed by atoms with Crippen molar-refractivity contribution in [3.63, 3.8) is 0 Å². The molecule has 2 nitrogen and oxygen atoms in total. The van der Waals surface area contributed by atoms with E-state index in [1.165, 1.54) is 24.4 Å². The Morgan fingerprint density at radius 2 is 1.89 bits per heavy atom. The van der Waals surface area contributed by atoms with Gasteiger partial charge in [-0.3, -0.25) is 4.98 Å². The summed E-state index contributed by atoms with van der Waals surface area (Å²) in [6, 6.07) is 5.61. The number of nitrogens with zero attached hydrogens (tertiary/aromatic N) is 1. The summed E-state index contributed by atoms with van der Waals surface area (Å²) in [5.74, 6) is -0.907. The number of hydrogen-bond donors (Lipinski definition) is 1. The third kappa shape index (κ3) is 3.58. The van der Waals surface area contributed by atoms with Gasteiger partial charge in [0.15, 0.2) is 0 Å². The van der Waals surface area contributed by atoms with E-state index in [1.807, 2.05) is 0 Å². The van der Waals surface area contributed by atoms with E-state index in [0.717, 1.165) is 6.20 Å². The predicted molar refractivity (Wildman–Crippen MR) is 71.6 cm³/mol. The molecule has 0 aliphatic rings. The third-order valence-electron chi connectivity index (χ3n) is 2.80. The molecule has 0 spiro atoms. The molecule has 1 atom stereocenters. The molecule has 1 aromatic carbocycles. The maximum atomic E-state index is 13.3. The summed E-state index contributed by atoms with van der Waals surface area (Å²) in [4.78, 5) is 3.71. The van der Waals surface area contributed by atoms with Crippen LogP contribution in [0.3, 0.4) is 0 Å². The lowest BCUT2D eigenvalue weighted by Gasteiger charge is -2.23. The van der Waals surface area contributed by atoms with Crippen molar-refractivity contribution < 1.29 is 13.9 Å². The van der Waals surface area contributed by atoms with E-state index in [9.17, 15) is 13.9 Å². The molecule has 2 aromatic rings. The highest BCUT2D eigenvalue weighted by Crippen LogP contribution is 2.27. The zero-order valence-corrected chi connectivity index (χ0v) is 11.8. The minimum Gasteiger partial charge on any atom is -0.385 e. The molecule has 0 aliphatic carbocycles. The van der Waals surface area contributed by atoms with E-state index in [4.69, 9.17) is 0 Å². The Labute approximate surface area is 118 Å². The summed E-state index contributed by atoms with van der Waals surface area (Å²) < 4.78 is 27.0. The molecule has 0 aliphatic heterocycles. The quantitative estimate of drug-likeness (QED) is 0.934. The van der Waals surface area contributed by atoms with Gasteiger partial charge in [0.1, 0.15) is 11.6 Å². The molecule has 0 amide bonds. The van der Waals surface area contributed by atoms with Crippen LogP contribution in [0.4, 0.5) is 8.78 Å². The van der Waals surface area contributed by atoms with Gasteiger partial charge in [0, 0.05) is 22.7 Å². The lowest BCUT2D eigenvalue weighted by Crippen LogP contribution is -2.24. The Bertz CT molecular complexity index is 581. The second-order valence-corrected chi connectivity index (χ2v) is 5.54. The molecule has 1 heterocycles. The van der Waals surface area contributed by atoms with Crippen LogP contribution in [0.2, 0.25) is 0 Å². The largest absolute Gasteiger partial charge is 0.385 e. The predicted octanol–water partition coefficient (Wildman–Crippen LogP) is 3.57. The van der Waals surface area contributed by atoms with Crippen molar-refractivity contribution >= 4 is 15.9 Å². The van der Waals surface area contributed by atoms with Crippen LogP contribution in [-0.4, -0.2) is 10.1 Å². The van der Waals surface area contributed by atoms with Crippen LogP contribution in [0.15, 0.2) is 41.1 Å². The van der Waals surface area contributed by atoms with E-state index < -0.39 is 17.2 Å². The maximum absolute atomic E-state index is 13.3. The van der Waals surface area contributed by atoms with Gasteiger partial charge in [-0.15, -0.1) is 0 Å². The Morgan fingerprint density at radius 1 is 1.16 bits per heavy atom. The summed E-state index contributed by atoms with van der Waals surface area (Å²) in [7, 11) is 0.